The highest BCUT2D eigenvalue weighted by Gasteiger charge is 2.49. The SMILES string of the molecule is CC(=O)N1[C@H](c2ccc([N+](=O)[O-])cc2)SC(C)(C)[C@H]1C(=O)[O-]. The Morgan fingerprint density at radius 1 is 1.27 bits per heavy atom. The molecular formula is C14H15N2O5S-. The van der Waals surface area contributed by atoms with Gasteiger partial charge in [0.25, 0.3) is 5.69 Å². The standard InChI is InChI=1S/C14H16N2O5S/c1-8(17)15-11(13(18)19)14(2,3)22-12(15)9-4-6-10(7-5-9)16(20)21/h4-7,11-12H,1-3H3,(H,18,19)/p-1/t11-,12+/m1/s1. The number of nitro benzene ring substituents is 1. The fourth-order valence-electron chi connectivity index (χ4n) is 2.61. The fraction of sp³-hybridized carbons (Fsp3) is 0.429. The summed E-state index contributed by atoms with van der Waals surface area (Å²) in [6.07, 6.45) is 0. The number of nitrogens with zero attached hydrogens (tertiary/aromatic N) is 2. The lowest BCUT2D eigenvalue weighted by molar-refractivity contribution is -0.384. The van der Waals surface area contributed by atoms with Gasteiger partial charge in [-0.1, -0.05) is 0 Å². The maximum atomic E-state index is 11.9. The van der Waals surface area contributed by atoms with E-state index in [2.05, 4.69) is 0 Å². The van der Waals surface area contributed by atoms with Gasteiger partial charge in [0.15, 0.2) is 0 Å². The van der Waals surface area contributed by atoms with Crippen LogP contribution in [0.1, 0.15) is 31.7 Å². The Kier molecular flexibility index (Phi) is 4.15. The van der Waals surface area contributed by atoms with Crippen molar-refractivity contribution in [3.05, 3.63) is 39.9 Å². The van der Waals surface area contributed by atoms with Crippen LogP contribution in [0.5, 0.6) is 0 Å². The first-order valence-electron chi connectivity index (χ1n) is 6.57. The molecule has 0 aliphatic carbocycles. The molecule has 0 saturated carbocycles. The monoisotopic (exact) mass is 323 g/mol. The van der Waals surface area contributed by atoms with E-state index >= 15 is 0 Å². The van der Waals surface area contributed by atoms with E-state index in [0.29, 0.717) is 5.56 Å². The molecular weight excluding hydrogens is 308 g/mol. The molecule has 1 fully saturated rings. The summed E-state index contributed by atoms with van der Waals surface area (Å²) >= 11 is 1.32. The Balaban J connectivity index is 2.43. The van der Waals surface area contributed by atoms with E-state index < -0.39 is 27.1 Å². The zero-order valence-corrected chi connectivity index (χ0v) is 13.1. The summed E-state index contributed by atoms with van der Waals surface area (Å²) in [5, 5.41) is 21.6. The van der Waals surface area contributed by atoms with Crippen LogP contribution < -0.4 is 5.11 Å². The van der Waals surface area contributed by atoms with Crippen molar-refractivity contribution in [2.75, 3.05) is 0 Å². The smallest absolute Gasteiger partial charge is 0.269 e. The number of nitro groups is 1. The highest BCUT2D eigenvalue weighted by atomic mass is 32.2. The van der Waals surface area contributed by atoms with E-state index in [1.54, 1.807) is 26.0 Å². The van der Waals surface area contributed by atoms with Crippen LogP contribution in [0.2, 0.25) is 0 Å². The summed E-state index contributed by atoms with van der Waals surface area (Å²) in [5.41, 5.74) is 0.583. The number of hydrogen-bond acceptors (Lipinski definition) is 6. The Bertz CT molecular complexity index is 629. The van der Waals surface area contributed by atoms with Gasteiger partial charge in [-0.15, -0.1) is 11.8 Å². The van der Waals surface area contributed by atoms with Crippen LogP contribution in [0.25, 0.3) is 0 Å². The highest BCUT2D eigenvalue weighted by molar-refractivity contribution is 8.01. The van der Waals surface area contributed by atoms with Gasteiger partial charge in [-0.05, 0) is 31.5 Å². The molecule has 0 unspecified atom stereocenters. The average Bonchev–Trinajstić information content (AvgIpc) is 2.70. The maximum Gasteiger partial charge on any atom is 0.269 e. The van der Waals surface area contributed by atoms with Crippen molar-refractivity contribution in [3.8, 4) is 0 Å². The van der Waals surface area contributed by atoms with E-state index in [-0.39, 0.29) is 11.6 Å². The molecule has 1 aromatic carbocycles. The van der Waals surface area contributed by atoms with Crippen molar-refractivity contribution in [1.82, 2.24) is 4.90 Å². The van der Waals surface area contributed by atoms with Crippen LogP contribution in [0.15, 0.2) is 24.3 Å². The first kappa shape index (κ1) is 16.3. The minimum atomic E-state index is -1.31. The third-order valence-electron chi connectivity index (χ3n) is 3.58. The number of hydrogen-bond donors (Lipinski definition) is 0. The molecule has 1 amide bonds. The number of benzene rings is 1. The number of aliphatic carboxylic acids is 1. The van der Waals surface area contributed by atoms with Crippen molar-refractivity contribution in [1.29, 1.82) is 0 Å². The van der Waals surface area contributed by atoms with E-state index in [9.17, 15) is 24.8 Å². The van der Waals surface area contributed by atoms with E-state index in [0.717, 1.165) is 0 Å². The van der Waals surface area contributed by atoms with Crippen molar-refractivity contribution >= 4 is 29.3 Å². The zero-order chi connectivity index (χ0) is 16.7. The van der Waals surface area contributed by atoms with E-state index in [1.165, 1.54) is 35.7 Å². The average molecular weight is 323 g/mol. The van der Waals surface area contributed by atoms with Gasteiger partial charge in [0, 0.05) is 23.8 Å². The summed E-state index contributed by atoms with van der Waals surface area (Å²) in [7, 11) is 0. The maximum absolute atomic E-state index is 11.9. The number of carbonyl (C=O) groups is 2. The molecule has 0 N–H and O–H groups in total. The lowest BCUT2D eigenvalue weighted by Gasteiger charge is -2.32. The predicted molar refractivity (Wildman–Crippen MR) is 78.8 cm³/mol. The van der Waals surface area contributed by atoms with Gasteiger partial charge in [-0.25, -0.2) is 0 Å². The number of carboxylic acid groups (broad SMARTS) is 1. The minimum Gasteiger partial charge on any atom is -0.548 e. The minimum absolute atomic E-state index is 0.0585. The molecule has 7 nitrogen and oxygen atoms in total. The molecule has 1 heterocycles. The van der Waals surface area contributed by atoms with Gasteiger partial charge in [0.05, 0.1) is 16.9 Å². The van der Waals surface area contributed by atoms with Gasteiger partial charge < -0.3 is 14.8 Å². The van der Waals surface area contributed by atoms with Gasteiger partial charge in [-0.2, -0.15) is 0 Å². The molecule has 0 aromatic heterocycles. The third kappa shape index (κ3) is 2.78. The summed E-state index contributed by atoms with van der Waals surface area (Å²) in [6.45, 7) is 4.77. The van der Waals surface area contributed by atoms with Crippen molar-refractivity contribution < 1.29 is 19.6 Å². The first-order valence-corrected chi connectivity index (χ1v) is 7.45. The molecule has 0 bridgehead atoms. The second-order valence-corrected chi connectivity index (χ2v) is 7.30. The van der Waals surface area contributed by atoms with Crippen molar-refractivity contribution in [2.45, 2.75) is 36.9 Å². The molecule has 1 saturated heterocycles. The molecule has 2 atom stereocenters. The lowest BCUT2D eigenvalue weighted by Crippen LogP contribution is -2.54. The quantitative estimate of drug-likeness (QED) is 0.609. The summed E-state index contributed by atoms with van der Waals surface area (Å²) in [5.74, 6) is -1.69. The summed E-state index contributed by atoms with van der Waals surface area (Å²) < 4.78 is -0.725. The number of non-ortho nitro benzene ring substituents is 1. The molecule has 1 aliphatic rings. The van der Waals surface area contributed by atoms with Gasteiger partial charge in [0.1, 0.15) is 5.37 Å². The Morgan fingerprint density at radius 3 is 2.23 bits per heavy atom. The van der Waals surface area contributed by atoms with E-state index in [4.69, 9.17) is 0 Å². The molecule has 0 radical (unpaired) electrons. The number of carboxylic acids is 1. The summed E-state index contributed by atoms with van der Waals surface area (Å²) in [6, 6.07) is 4.70. The Morgan fingerprint density at radius 2 is 1.82 bits per heavy atom. The second kappa shape index (κ2) is 5.60. The van der Waals surface area contributed by atoms with Crippen LogP contribution in [0.4, 0.5) is 5.69 Å². The second-order valence-electron chi connectivity index (χ2n) is 5.57. The number of rotatable bonds is 3. The predicted octanol–water partition coefficient (Wildman–Crippen LogP) is 1.09. The third-order valence-corrected chi connectivity index (χ3v) is 5.13. The molecule has 2 rings (SSSR count). The molecule has 1 aliphatic heterocycles. The molecule has 8 heteroatoms. The van der Waals surface area contributed by atoms with Crippen LogP contribution in [-0.4, -0.2) is 32.5 Å². The Labute approximate surface area is 131 Å². The molecule has 0 spiro atoms. The Hall–Kier alpha value is -2.09. The lowest BCUT2D eigenvalue weighted by atomic mass is 10.0. The van der Waals surface area contributed by atoms with Crippen LogP contribution in [0.3, 0.4) is 0 Å². The topological polar surface area (TPSA) is 104 Å². The van der Waals surface area contributed by atoms with Crippen molar-refractivity contribution in [2.24, 2.45) is 0 Å². The number of carbonyl (C=O) groups excluding carboxylic acids is 2. The van der Waals surface area contributed by atoms with Crippen molar-refractivity contribution in [3.63, 3.8) is 0 Å². The van der Waals surface area contributed by atoms with Crippen LogP contribution >= 0.6 is 11.8 Å². The van der Waals surface area contributed by atoms with Gasteiger partial charge >= 0.3 is 0 Å². The zero-order valence-electron chi connectivity index (χ0n) is 12.3. The molecule has 1 aromatic rings. The largest absolute Gasteiger partial charge is 0.548 e. The molecule has 22 heavy (non-hydrogen) atoms. The summed E-state index contributed by atoms with van der Waals surface area (Å²) in [4.78, 5) is 34.8. The first-order chi connectivity index (χ1) is 10.1. The van der Waals surface area contributed by atoms with Crippen LogP contribution in [0, 0.1) is 10.1 Å². The molecule has 118 valence electrons. The number of thioether (sulfide) groups is 1. The fourth-order valence-corrected chi connectivity index (χ4v) is 4.20. The van der Waals surface area contributed by atoms with E-state index in [1.807, 2.05) is 0 Å². The normalized spacial score (nSPS) is 23.3. The van der Waals surface area contributed by atoms with Gasteiger partial charge in [-0.3, -0.25) is 14.9 Å². The van der Waals surface area contributed by atoms with Gasteiger partial charge in [0.2, 0.25) is 5.91 Å². The highest BCUT2D eigenvalue weighted by Crippen LogP contribution is 2.52. The number of amides is 1. The van der Waals surface area contributed by atoms with Crippen LogP contribution in [-0.2, 0) is 9.59 Å².